The van der Waals surface area contributed by atoms with E-state index < -0.39 is 0 Å². The molecule has 5 nitrogen and oxygen atoms in total. The number of amides is 1. The van der Waals surface area contributed by atoms with Gasteiger partial charge in [-0.2, -0.15) is 5.10 Å². The van der Waals surface area contributed by atoms with E-state index in [1.165, 1.54) is 0 Å². The Morgan fingerprint density at radius 2 is 2.22 bits per heavy atom. The van der Waals surface area contributed by atoms with Gasteiger partial charge in [-0.25, -0.2) is 0 Å². The van der Waals surface area contributed by atoms with Crippen LogP contribution in [0, 0.1) is 0 Å². The number of aromatic nitrogens is 2. The molecule has 0 spiro atoms. The summed E-state index contributed by atoms with van der Waals surface area (Å²) in [5.41, 5.74) is 7.68. The SMILES string of the molecule is CCc1cc(NC(=O)c2cccc(N)c2)n[nH]1.Cl. The van der Waals surface area contributed by atoms with Gasteiger partial charge >= 0.3 is 0 Å². The van der Waals surface area contributed by atoms with Crippen molar-refractivity contribution in [3.05, 3.63) is 41.6 Å². The Hall–Kier alpha value is -2.01. The molecule has 0 bridgehead atoms. The molecule has 18 heavy (non-hydrogen) atoms. The first kappa shape index (κ1) is 14.1. The summed E-state index contributed by atoms with van der Waals surface area (Å²) in [4.78, 5) is 11.8. The zero-order chi connectivity index (χ0) is 12.3. The number of nitrogens with one attached hydrogen (secondary N) is 2. The third kappa shape index (κ3) is 3.24. The summed E-state index contributed by atoms with van der Waals surface area (Å²) in [6.45, 7) is 2.01. The highest BCUT2D eigenvalue weighted by atomic mass is 35.5. The molecule has 0 saturated heterocycles. The van der Waals surface area contributed by atoms with Gasteiger partial charge in [-0.15, -0.1) is 12.4 Å². The molecule has 0 fully saturated rings. The van der Waals surface area contributed by atoms with E-state index >= 15 is 0 Å². The molecular formula is C12H15ClN4O. The minimum Gasteiger partial charge on any atom is -0.399 e. The zero-order valence-electron chi connectivity index (χ0n) is 9.93. The Kier molecular flexibility index (Phi) is 4.74. The predicted octanol–water partition coefficient (Wildman–Crippen LogP) is 2.23. The summed E-state index contributed by atoms with van der Waals surface area (Å²) in [6.07, 6.45) is 0.848. The van der Waals surface area contributed by atoms with Crippen LogP contribution in [-0.4, -0.2) is 16.1 Å². The highest BCUT2D eigenvalue weighted by Crippen LogP contribution is 2.10. The first-order valence-corrected chi connectivity index (χ1v) is 5.40. The second kappa shape index (κ2) is 6.07. The number of aryl methyl sites for hydroxylation is 1. The third-order valence-electron chi connectivity index (χ3n) is 2.40. The van der Waals surface area contributed by atoms with Gasteiger partial charge in [0.2, 0.25) is 0 Å². The Labute approximate surface area is 111 Å². The van der Waals surface area contributed by atoms with E-state index in [0.717, 1.165) is 12.1 Å². The van der Waals surface area contributed by atoms with E-state index in [9.17, 15) is 4.79 Å². The van der Waals surface area contributed by atoms with Gasteiger partial charge in [0.25, 0.3) is 5.91 Å². The summed E-state index contributed by atoms with van der Waals surface area (Å²) in [5.74, 6) is 0.306. The number of H-pyrrole nitrogens is 1. The Morgan fingerprint density at radius 1 is 1.44 bits per heavy atom. The lowest BCUT2D eigenvalue weighted by atomic mass is 10.2. The zero-order valence-corrected chi connectivity index (χ0v) is 10.8. The maximum Gasteiger partial charge on any atom is 0.256 e. The van der Waals surface area contributed by atoms with E-state index in [1.807, 2.05) is 13.0 Å². The van der Waals surface area contributed by atoms with Gasteiger partial charge in [-0.05, 0) is 24.6 Å². The average molecular weight is 267 g/mol. The quantitative estimate of drug-likeness (QED) is 0.745. The van der Waals surface area contributed by atoms with E-state index in [0.29, 0.717) is 17.1 Å². The van der Waals surface area contributed by atoms with Crippen LogP contribution in [0.15, 0.2) is 30.3 Å². The number of hydrogen-bond acceptors (Lipinski definition) is 3. The molecule has 6 heteroatoms. The van der Waals surface area contributed by atoms with Crippen LogP contribution >= 0.6 is 12.4 Å². The monoisotopic (exact) mass is 266 g/mol. The summed E-state index contributed by atoms with van der Waals surface area (Å²) in [7, 11) is 0. The minimum atomic E-state index is -0.216. The molecular weight excluding hydrogens is 252 g/mol. The number of halogens is 1. The topological polar surface area (TPSA) is 83.8 Å². The standard InChI is InChI=1S/C12H14N4O.ClH/c1-2-10-7-11(16-15-10)14-12(17)8-4-3-5-9(13)6-8;/h3-7H,2,13H2,1H3,(H2,14,15,16,17);1H. The van der Waals surface area contributed by atoms with Crippen LogP contribution in [-0.2, 0) is 6.42 Å². The molecule has 0 aliphatic carbocycles. The molecule has 0 radical (unpaired) electrons. The second-order valence-corrected chi connectivity index (χ2v) is 3.71. The van der Waals surface area contributed by atoms with Crippen LogP contribution in [0.2, 0.25) is 0 Å². The molecule has 1 aromatic heterocycles. The molecule has 1 amide bonds. The minimum absolute atomic E-state index is 0. The van der Waals surface area contributed by atoms with Crippen molar-refractivity contribution in [2.45, 2.75) is 13.3 Å². The van der Waals surface area contributed by atoms with Crippen LogP contribution in [0.25, 0.3) is 0 Å². The number of aromatic amines is 1. The van der Waals surface area contributed by atoms with Gasteiger partial charge in [0, 0.05) is 23.0 Å². The smallest absolute Gasteiger partial charge is 0.256 e. The molecule has 0 unspecified atom stereocenters. The maximum atomic E-state index is 11.8. The molecule has 1 heterocycles. The molecule has 4 N–H and O–H groups in total. The normalized spacial score (nSPS) is 9.61. The van der Waals surface area contributed by atoms with Crippen molar-refractivity contribution in [3.8, 4) is 0 Å². The van der Waals surface area contributed by atoms with E-state index in [4.69, 9.17) is 5.73 Å². The number of benzene rings is 1. The van der Waals surface area contributed by atoms with Crippen molar-refractivity contribution in [1.82, 2.24) is 10.2 Å². The number of hydrogen-bond donors (Lipinski definition) is 3. The fraction of sp³-hybridized carbons (Fsp3) is 0.167. The lowest BCUT2D eigenvalue weighted by Crippen LogP contribution is -2.12. The van der Waals surface area contributed by atoms with Crippen LogP contribution in [0.4, 0.5) is 11.5 Å². The van der Waals surface area contributed by atoms with Crippen LogP contribution in [0.1, 0.15) is 23.0 Å². The molecule has 96 valence electrons. The number of carbonyl (C=O) groups excluding carboxylic acids is 1. The predicted molar refractivity (Wildman–Crippen MR) is 74.0 cm³/mol. The van der Waals surface area contributed by atoms with Crippen molar-refractivity contribution in [1.29, 1.82) is 0 Å². The number of carbonyl (C=O) groups is 1. The number of nitrogen functional groups attached to an aromatic ring is 1. The van der Waals surface area contributed by atoms with Crippen LogP contribution < -0.4 is 11.1 Å². The second-order valence-electron chi connectivity index (χ2n) is 3.71. The summed E-state index contributed by atoms with van der Waals surface area (Å²) in [6, 6.07) is 8.62. The summed E-state index contributed by atoms with van der Waals surface area (Å²) < 4.78 is 0. The lowest BCUT2D eigenvalue weighted by Gasteiger charge is -2.02. The Balaban J connectivity index is 0.00000162. The van der Waals surface area contributed by atoms with Crippen molar-refractivity contribution < 1.29 is 4.79 Å². The molecule has 1 aromatic carbocycles. The number of nitrogens with zero attached hydrogens (tertiary/aromatic N) is 1. The van der Waals surface area contributed by atoms with E-state index in [-0.39, 0.29) is 18.3 Å². The first-order valence-electron chi connectivity index (χ1n) is 5.40. The highest BCUT2D eigenvalue weighted by Gasteiger charge is 2.08. The van der Waals surface area contributed by atoms with Gasteiger partial charge in [0.15, 0.2) is 5.82 Å². The first-order chi connectivity index (χ1) is 8.19. The lowest BCUT2D eigenvalue weighted by molar-refractivity contribution is 0.102. The average Bonchev–Trinajstić information content (AvgIpc) is 2.77. The van der Waals surface area contributed by atoms with Gasteiger partial charge in [0.1, 0.15) is 0 Å². The Morgan fingerprint density at radius 3 is 2.83 bits per heavy atom. The van der Waals surface area contributed by atoms with Gasteiger partial charge in [-0.1, -0.05) is 13.0 Å². The fourth-order valence-corrected chi connectivity index (χ4v) is 1.48. The van der Waals surface area contributed by atoms with Gasteiger partial charge in [0.05, 0.1) is 0 Å². The van der Waals surface area contributed by atoms with E-state index in [1.54, 1.807) is 24.3 Å². The van der Waals surface area contributed by atoms with Crippen molar-refractivity contribution in [2.75, 3.05) is 11.1 Å². The molecule has 0 aliphatic heterocycles. The van der Waals surface area contributed by atoms with Crippen molar-refractivity contribution >= 4 is 29.8 Å². The number of anilines is 2. The fourth-order valence-electron chi connectivity index (χ4n) is 1.48. The van der Waals surface area contributed by atoms with Crippen molar-refractivity contribution in [2.24, 2.45) is 0 Å². The number of nitrogens with two attached hydrogens (primary N) is 1. The van der Waals surface area contributed by atoms with Gasteiger partial charge < -0.3 is 11.1 Å². The summed E-state index contributed by atoms with van der Waals surface area (Å²) in [5, 5.41) is 9.52. The molecule has 0 aliphatic rings. The van der Waals surface area contributed by atoms with Crippen molar-refractivity contribution in [3.63, 3.8) is 0 Å². The molecule has 2 aromatic rings. The van der Waals surface area contributed by atoms with Gasteiger partial charge in [-0.3, -0.25) is 9.89 Å². The Bertz CT molecular complexity index is 538. The summed E-state index contributed by atoms with van der Waals surface area (Å²) >= 11 is 0. The third-order valence-corrected chi connectivity index (χ3v) is 2.40. The molecule has 0 atom stereocenters. The number of rotatable bonds is 3. The maximum absolute atomic E-state index is 11.8. The van der Waals surface area contributed by atoms with E-state index in [2.05, 4.69) is 15.5 Å². The molecule has 0 saturated carbocycles. The largest absolute Gasteiger partial charge is 0.399 e. The van der Waals surface area contributed by atoms with Crippen LogP contribution in [0.5, 0.6) is 0 Å². The highest BCUT2D eigenvalue weighted by molar-refractivity contribution is 6.04. The molecule has 2 rings (SSSR count). The van der Waals surface area contributed by atoms with Crippen LogP contribution in [0.3, 0.4) is 0 Å².